The first-order chi connectivity index (χ1) is 12.4. The number of nitrogens with one attached hydrogen (secondary N) is 1. The number of aryl methyl sites for hydroxylation is 1. The van der Waals surface area contributed by atoms with Crippen molar-refractivity contribution in [1.82, 2.24) is 14.9 Å². The van der Waals surface area contributed by atoms with Gasteiger partial charge >= 0.3 is 0 Å². The minimum Gasteiger partial charge on any atom is -0.341 e. The van der Waals surface area contributed by atoms with Crippen LogP contribution in [0.25, 0.3) is 11.0 Å². The fraction of sp³-hybridized carbons (Fsp3) is 0.381. The Hall–Kier alpha value is -2.33. The third-order valence-corrected chi connectivity index (χ3v) is 5.05. The number of para-hydroxylation sites is 2. The van der Waals surface area contributed by atoms with Crippen LogP contribution >= 0.6 is 0 Å². The maximum absolute atomic E-state index is 4.76. The van der Waals surface area contributed by atoms with Gasteiger partial charge in [-0.25, -0.2) is 4.98 Å². The highest BCUT2D eigenvalue weighted by Crippen LogP contribution is 2.18. The van der Waals surface area contributed by atoms with Crippen LogP contribution in [0, 0.1) is 0 Å². The van der Waals surface area contributed by atoms with Crippen LogP contribution < -0.4 is 4.90 Å². The molecule has 0 radical (unpaired) electrons. The van der Waals surface area contributed by atoms with E-state index in [4.69, 9.17) is 4.98 Å². The van der Waals surface area contributed by atoms with Crippen molar-refractivity contribution >= 4 is 17.0 Å². The van der Waals surface area contributed by atoms with E-state index in [1.807, 2.05) is 6.07 Å². The van der Waals surface area contributed by atoms with Crippen molar-refractivity contribution < 1.29 is 0 Å². The predicted molar refractivity (Wildman–Crippen MR) is 104 cm³/mol. The van der Waals surface area contributed by atoms with E-state index in [-0.39, 0.29) is 0 Å². The van der Waals surface area contributed by atoms with Gasteiger partial charge < -0.3 is 14.8 Å². The Bertz CT molecular complexity index is 763. The molecule has 4 heteroatoms. The standard InChI is InChI=1S/C21H26N4/c1-2-8-18(9-3-1)10-6-13-24-14-7-15-25(17-16-24)21-22-19-11-4-5-12-20(19)23-21/h1-5,8-9,11-12H,6-7,10,13-17H2,(H,22,23). The molecule has 0 saturated carbocycles. The molecule has 1 N–H and O–H groups in total. The molecule has 0 amide bonds. The van der Waals surface area contributed by atoms with Crippen molar-refractivity contribution in [3.05, 3.63) is 60.2 Å². The number of H-pyrrole nitrogens is 1. The predicted octanol–water partition coefficient (Wildman–Crippen LogP) is 3.71. The van der Waals surface area contributed by atoms with Crippen molar-refractivity contribution in [3.63, 3.8) is 0 Å². The summed E-state index contributed by atoms with van der Waals surface area (Å²) in [6, 6.07) is 19.1. The van der Waals surface area contributed by atoms with Gasteiger partial charge in [0.15, 0.2) is 0 Å². The molecular formula is C21H26N4. The maximum Gasteiger partial charge on any atom is 0.203 e. The summed E-state index contributed by atoms with van der Waals surface area (Å²) >= 11 is 0. The molecule has 4 nitrogen and oxygen atoms in total. The summed E-state index contributed by atoms with van der Waals surface area (Å²) < 4.78 is 0. The Morgan fingerprint density at radius 2 is 1.72 bits per heavy atom. The number of fused-ring (bicyclic) bond motifs is 1. The summed E-state index contributed by atoms with van der Waals surface area (Å²) in [7, 11) is 0. The van der Waals surface area contributed by atoms with Crippen molar-refractivity contribution in [2.75, 3.05) is 37.6 Å². The average Bonchev–Trinajstić information content (AvgIpc) is 2.95. The van der Waals surface area contributed by atoms with Gasteiger partial charge in [0.2, 0.25) is 5.95 Å². The Morgan fingerprint density at radius 1 is 0.880 bits per heavy atom. The molecular weight excluding hydrogens is 308 g/mol. The normalized spacial score (nSPS) is 16.2. The number of benzene rings is 2. The third-order valence-electron chi connectivity index (χ3n) is 5.05. The van der Waals surface area contributed by atoms with Gasteiger partial charge in [-0.1, -0.05) is 42.5 Å². The molecule has 0 spiro atoms. The Labute approximate surface area is 149 Å². The lowest BCUT2D eigenvalue weighted by Gasteiger charge is -2.21. The lowest BCUT2D eigenvalue weighted by molar-refractivity contribution is 0.290. The molecule has 2 aromatic carbocycles. The number of rotatable bonds is 5. The zero-order valence-electron chi connectivity index (χ0n) is 14.7. The van der Waals surface area contributed by atoms with Gasteiger partial charge in [0.25, 0.3) is 0 Å². The van der Waals surface area contributed by atoms with Gasteiger partial charge in [0, 0.05) is 19.6 Å². The number of aromatic amines is 1. The molecule has 130 valence electrons. The molecule has 0 unspecified atom stereocenters. The molecule has 0 aliphatic carbocycles. The van der Waals surface area contributed by atoms with Gasteiger partial charge in [-0.3, -0.25) is 0 Å². The summed E-state index contributed by atoms with van der Waals surface area (Å²) in [5.74, 6) is 1.02. The first kappa shape index (κ1) is 16.2. The smallest absolute Gasteiger partial charge is 0.203 e. The molecule has 1 saturated heterocycles. The van der Waals surface area contributed by atoms with Crippen LogP contribution in [0.4, 0.5) is 5.95 Å². The van der Waals surface area contributed by atoms with Crippen LogP contribution in [0.3, 0.4) is 0 Å². The molecule has 25 heavy (non-hydrogen) atoms. The van der Waals surface area contributed by atoms with Gasteiger partial charge in [-0.15, -0.1) is 0 Å². The number of hydrogen-bond acceptors (Lipinski definition) is 3. The van der Waals surface area contributed by atoms with E-state index < -0.39 is 0 Å². The second-order valence-corrected chi connectivity index (χ2v) is 6.85. The lowest BCUT2D eigenvalue weighted by Crippen LogP contribution is -2.32. The largest absolute Gasteiger partial charge is 0.341 e. The van der Waals surface area contributed by atoms with Crippen LogP contribution in [-0.4, -0.2) is 47.6 Å². The van der Waals surface area contributed by atoms with E-state index in [9.17, 15) is 0 Å². The van der Waals surface area contributed by atoms with Gasteiger partial charge in [-0.2, -0.15) is 0 Å². The number of imidazole rings is 1. The minimum absolute atomic E-state index is 1.02. The monoisotopic (exact) mass is 334 g/mol. The van der Waals surface area contributed by atoms with Crippen LogP contribution in [-0.2, 0) is 6.42 Å². The molecule has 1 fully saturated rings. The average molecular weight is 334 g/mol. The molecule has 2 heterocycles. The lowest BCUT2D eigenvalue weighted by atomic mass is 10.1. The van der Waals surface area contributed by atoms with E-state index in [1.165, 1.54) is 37.9 Å². The number of nitrogens with zero attached hydrogens (tertiary/aromatic N) is 3. The van der Waals surface area contributed by atoms with Crippen LogP contribution in [0.15, 0.2) is 54.6 Å². The topological polar surface area (TPSA) is 35.2 Å². The molecule has 1 aromatic heterocycles. The quantitative estimate of drug-likeness (QED) is 0.772. The summed E-state index contributed by atoms with van der Waals surface area (Å²) in [5.41, 5.74) is 3.63. The maximum atomic E-state index is 4.76. The van der Waals surface area contributed by atoms with Crippen LogP contribution in [0.1, 0.15) is 18.4 Å². The van der Waals surface area contributed by atoms with Crippen molar-refractivity contribution in [1.29, 1.82) is 0 Å². The summed E-state index contributed by atoms with van der Waals surface area (Å²) in [5, 5.41) is 0. The molecule has 1 aliphatic heterocycles. The van der Waals surface area contributed by atoms with Crippen molar-refractivity contribution in [3.8, 4) is 0 Å². The fourth-order valence-electron chi connectivity index (χ4n) is 3.65. The van der Waals surface area contributed by atoms with E-state index in [2.05, 4.69) is 63.3 Å². The van der Waals surface area contributed by atoms with E-state index in [0.717, 1.165) is 36.6 Å². The molecule has 0 atom stereocenters. The molecule has 4 rings (SSSR count). The Kier molecular flexibility index (Phi) is 4.98. The highest BCUT2D eigenvalue weighted by molar-refractivity contribution is 5.77. The molecule has 0 bridgehead atoms. The summed E-state index contributed by atoms with van der Waals surface area (Å²) in [6.45, 7) is 5.61. The summed E-state index contributed by atoms with van der Waals surface area (Å²) in [4.78, 5) is 13.2. The highest BCUT2D eigenvalue weighted by Gasteiger charge is 2.17. The van der Waals surface area contributed by atoms with Gasteiger partial charge in [0.05, 0.1) is 11.0 Å². The second kappa shape index (κ2) is 7.70. The number of hydrogen-bond donors (Lipinski definition) is 1. The SMILES string of the molecule is c1ccc(CCCN2CCCN(c3nc4ccccc4[nH]3)CC2)cc1. The zero-order valence-corrected chi connectivity index (χ0v) is 14.7. The first-order valence-corrected chi connectivity index (χ1v) is 9.34. The van der Waals surface area contributed by atoms with Crippen molar-refractivity contribution in [2.24, 2.45) is 0 Å². The van der Waals surface area contributed by atoms with Crippen LogP contribution in [0.5, 0.6) is 0 Å². The van der Waals surface area contributed by atoms with E-state index in [0.29, 0.717) is 0 Å². The third kappa shape index (κ3) is 4.02. The van der Waals surface area contributed by atoms with Gasteiger partial charge in [-0.05, 0) is 50.0 Å². The Morgan fingerprint density at radius 3 is 2.60 bits per heavy atom. The first-order valence-electron chi connectivity index (χ1n) is 9.34. The summed E-state index contributed by atoms with van der Waals surface area (Å²) in [6.07, 6.45) is 3.60. The molecule has 3 aromatic rings. The van der Waals surface area contributed by atoms with Crippen LogP contribution in [0.2, 0.25) is 0 Å². The number of aromatic nitrogens is 2. The molecule has 1 aliphatic rings. The van der Waals surface area contributed by atoms with Gasteiger partial charge in [0.1, 0.15) is 0 Å². The van der Waals surface area contributed by atoms with Crippen molar-refractivity contribution in [2.45, 2.75) is 19.3 Å². The number of anilines is 1. The van der Waals surface area contributed by atoms with E-state index in [1.54, 1.807) is 0 Å². The van der Waals surface area contributed by atoms with E-state index >= 15 is 0 Å². The zero-order chi connectivity index (χ0) is 16.9. The second-order valence-electron chi connectivity index (χ2n) is 6.85. The minimum atomic E-state index is 1.02. The highest BCUT2D eigenvalue weighted by atomic mass is 15.3. The Balaban J connectivity index is 1.31. The fourth-order valence-corrected chi connectivity index (χ4v) is 3.65.